The Balaban J connectivity index is 2.10. The molecule has 8 nitrogen and oxygen atoms in total. The van der Waals surface area contributed by atoms with Gasteiger partial charge in [0.1, 0.15) is 5.82 Å². The van der Waals surface area contributed by atoms with Gasteiger partial charge in [0, 0.05) is 47.1 Å². The summed E-state index contributed by atoms with van der Waals surface area (Å²) in [7, 11) is 1.37. The third-order valence-electron chi connectivity index (χ3n) is 4.17. The summed E-state index contributed by atoms with van der Waals surface area (Å²) < 4.78 is 27.6. The fourth-order valence-electron chi connectivity index (χ4n) is 2.61. The zero-order valence-electron chi connectivity index (χ0n) is 15.7. The largest absolute Gasteiger partial charge is 0.355 e. The van der Waals surface area contributed by atoms with Crippen molar-refractivity contribution < 1.29 is 13.2 Å². The summed E-state index contributed by atoms with van der Waals surface area (Å²) in [5, 5.41) is 6.00. The van der Waals surface area contributed by atoms with E-state index in [1.807, 2.05) is 18.5 Å². The van der Waals surface area contributed by atoms with E-state index in [0.29, 0.717) is 24.9 Å². The number of rotatable bonds is 9. The van der Waals surface area contributed by atoms with Crippen molar-refractivity contribution >= 4 is 27.0 Å². The van der Waals surface area contributed by atoms with Crippen molar-refractivity contribution in [2.45, 2.75) is 24.7 Å². The minimum atomic E-state index is -3.50. The number of fused-ring (bicyclic) bond motifs is 1. The van der Waals surface area contributed by atoms with Gasteiger partial charge in [-0.25, -0.2) is 17.7 Å². The minimum Gasteiger partial charge on any atom is -0.355 e. The van der Waals surface area contributed by atoms with Crippen LogP contribution >= 0.6 is 0 Å². The molecule has 144 valence electrons. The van der Waals surface area contributed by atoms with Crippen LogP contribution in [0.25, 0.3) is 11.0 Å². The molecule has 9 heteroatoms. The lowest BCUT2D eigenvalue weighted by molar-refractivity contribution is -0.121. The van der Waals surface area contributed by atoms with Crippen molar-refractivity contribution in [3.8, 4) is 0 Å². The Hall–Kier alpha value is -1.97. The first-order valence-corrected chi connectivity index (χ1v) is 10.1. The van der Waals surface area contributed by atoms with Gasteiger partial charge >= 0.3 is 0 Å². The highest BCUT2D eigenvalue weighted by atomic mass is 32.2. The molecule has 2 N–H and O–H groups in total. The molecule has 0 bridgehead atoms. The van der Waals surface area contributed by atoms with Gasteiger partial charge < -0.3 is 15.2 Å². The van der Waals surface area contributed by atoms with E-state index < -0.39 is 10.0 Å². The average molecular weight is 382 g/mol. The highest BCUT2D eigenvalue weighted by Crippen LogP contribution is 2.21. The number of sulfonamides is 1. The molecule has 0 unspecified atom stereocenters. The van der Waals surface area contributed by atoms with E-state index in [2.05, 4.69) is 15.6 Å². The van der Waals surface area contributed by atoms with Gasteiger partial charge in [-0.05, 0) is 24.7 Å². The predicted octanol–water partition coefficient (Wildman–Crippen LogP) is 0.482. The molecule has 2 aromatic rings. The van der Waals surface area contributed by atoms with E-state index >= 15 is 0 Å². The number of carbonyl (C=O) groups excluding carboxylic acids is 1. The molecule has 0 spiro atoms. The molecule has 0 aliphatic heterocycles. The molecular weight excluding hydrogens is 354 g/mol. The van der Waals surface area contributed by atoms with E-state index in [9.17, 15) is 13.2 Å². The van der Waals surface area contributed by atoms with Gasteiger partial charge in [0.2, 0.25) is 15.9 Å². The Morgan fingerprint density at radius 3 is 2.65 bits per heavy atom. The van der Waals surface area contributed by atoms with E-state index in [1.54, 1.807) is 18.2 Å². The van der Waals surface area contributed by atoms with Gasteiger partial charge in [-0.15, -0.1) is 0 Å². The maximum atomic E-state index is 12.3. The van der Waals surface area contributed by atoms with Gasteiger partial charge in [0.25, 0.3) is 0 Å². The van der Waals surface area contributed by atoms with Crippen LogP contribution in [0.1, 0.15) is 19.2 Å². The quantitative estimate of drug-likeness (QED) is 0.616. The van der Waals surface area contributed by atoms with Crippen molar-refractivity contribution in [1.29, 1.82) is 0 Å². The number of aromatic nitrogens is 2. The Morgan fingerprint density at radius 1 is 1.27 bits per heavy atom. The van der Waals surface area contributed by atoms with Crippen LogP contribution in [-0.2, 0) is 28.3 Å². The third kappa shape index (κ3) is 4.60. The zero-order chi connectivity index (χ0) is 19.3. The minimum absolute atomic E-state index is 0.0224. The molecular formula is C17H27N5O3S. The summed E-state index contributed by atoms with van der Waals surface area (Å²) >= 11 is 0. The number of likely N-dealkylation sites (N-methyl/N-ethyl adjacent to an activating group) is 1. The van der Waals surface area contributed by atoms with Gasteiger partial charge in [-0.2, -0.15) is 0 Å². The molecule has 2 rings (SSSR count). The second kappa shape index (κ2) is 8.61. The highest BCUT2D eigenvalue weighted by Gasteiger charge is 2.19. The average Bonchev–Trinajstić information content (AvgIpc) is 2.92. The fraction of sp³-hybridized carbons (Fsp3) is 0.529. The van der Waals surface area contributed by atoms with Crippen LogP contribution in [0.15, 0.2) is 23.1 Å². The number of carbonyl (C=O) groups is 1. The van der Waals surface area contributed by atoms with Crippen LogP contribution in [0.2, 0.25) is 0 Å². The van der Waals surface area contributed by atoms with E-state index in [-0.39, 0.29) is 10.8 Å². The molecule has 0 saturated carbocycles. The van der Waals surface area contributed by atoms with Crippen LogP contribution in [0.5, 0.6) is 0 Å². The van der Waals surface area contributed by atoms with Gasteiger partial charge in [-0.3, -0.25) is 4.79 Å². The SMILES string of the molecule is CCNCCNC(=O)CCc1nc2cc(S(=O)(=O)N(C)C)ccc2n1C. The van der Waals surface area contributed by atoms with Crippen LogP contribution < -0.4 is 10.6 Å². The molecule has 1 aromatic carbocycles. The smallest absolute Gasteiger partial charge is 0.242 e. The second-order valence-electron chi connectivity index (χ2n) is 6.23. The summed E-state index contributed by atoms with van der Waals surface area (Å²) in [6.07, 6.45) is 0.833. The van der Waals surface area contributed by atoms with Crippen molar-refractivity contribution in [2.24, 2.45) is 7.05 Å². The zero-order valence-corrected chi connectivity index (χ0v) is 16.6. The molecule has 0 aliphatic rings. The van der Waals surface area contributed by atoms with Crippen molar-refractivity contribution in [3.05, 3.63) is 24.0 Å². The molecule has 0 radical (unpaired) electrons. The van der Waals surface area contributed by atoms with Crippen molar-refractivity contribution in [1.82, 2.24) is 24.5 Å². The van der Waals surface area contributed by atoms with Crippen molar-refractivity contribution in [2.75, 3.05) is 33.7 Å². The number of hydrogen-bond donors (Lipinski definition) is 2. The molecule has 1 heterocycles. The lowest BCUT2D eigenvalue weighted by Gasteiger charge is -2.10. The maximum Gasteiger partial charge on any atom is 0.242 e. The number of nitrogens with one attached hydrogen (secondary N) is 2. The third-order valence-corrected chi connectivity index (χ3v) is 5.98. The molecule has 1 amide bonds. The predicted molar refractivity (Wildman–Crippen MR) is 101 cm³/mol. The van der Waals surface area contributed by atoms with Gasteiger partial charge in [-0.1, -0.05) is 6.92 Å². The summed E-state index contributed by atoms with van der Waals surface area (Å²) in [6, 6.07) is 4.90. The summed E-state index contributed by atoms with van der Waals surface area (Å²) in [5.41, 5.74) is 1.45. The molecule has 0 atom stereocenters. The summed E-state index contributed by atoms with van der Waals surface area (Å²) in [4.78, 5) is 16.6. The normalized spacial score (nSPS) is 12.0. The topological polar surface area (TPSA) is 96.3 Å². The van der Waals surface area contributed by atoms with Crippen LogP contribution in [0.4, 0.5) is 0 Å². The molecule has 1 aromatic heterocycles. The molecule has 0 fully saturated rings. The summed E-state index contributed by atoms with van der Waals surface area (Å²) in [5.74, 6) is 0.729. The fourth-order valence-corrected chi connectivity index (χ4v) is 3.53. The molecule has 0 aliphatic carbocycles. The van der Waals surface area contributed by atoms with E-state index in [0.717, 1.165) is 24.4 Å². The number of amides is 1. The first kappa shape index (κ1) is 20.3. The lowest BCUT2D eigenvalue weighted by atomic mass is 10.3. The Bertz CT molecular complexity index is 874. The first-order valence-electron chi connectivity index (χ1n) is 8.62. The molecule has 26 heavy (non-hydrogen) atoms. The highest BCUT2D eigenvalue weighted by molar-refractivity contribution is 7.89. The van der Waals surface area contributed by atoms with E-state index in [4.69, 9.17) is 0 Å². The van der Waals surface area contributed by atoms with Crippen LogP contribution in [-0.4, -0.2) is 61.9 Å². The summed E-state index contributed by atoms with van der Waals surface area (Å²) in [6.45, 7) is 4.24. The van der Waals surface area contributed by atoms with Crippen LogP contribution in [0, 0.1) is 0 Å². The van der Waals surface area contributed by atoms with Crippen LogP contribution in [0.3, 0.4) is 0 Å². The van der Waals surface area contributed by atoms with E-state index in [1.165, 1.54) is 18.4 Å². The number of aryl methyl sites for hydroxylation is 2. The Kier molecular flexibility index (Phi) is 6.74. The molecule has 0 saturated heterocycles. The number of benzene rings is 1. The Labute approximate surface area is 154 Å². The first-order chi connectivity index (χ1) is 12.3. The Morgan fingerprint density at radius 2 is 2.00 bits per heavy atom. The monoisotopic (exact) mass is 381 g/mol. The lowest BCUT2D eigenvalue weighted by Crippen LogP contribution is -2.31. The van der Waals surface area contributed by atoms with Crippen molar-refractivity contribution in [3.63, 3.8) is 0 Å². The van der Waals surface area contributed by atoms with Gasteiger partial charge in [0.05, 0.1) is 15.9 Å². The number of nitrogens with zero attached hydrogens (tertiary/aromatic N) is 3. The standard InChI is InChI=1S/C17H27N5O3S/c1-5-18-10-11-19-17(23)9-8-16-20-14-12-13(26(24,25)21(2)3)6-7-15(14)22(16)4/h6-7,12,18H,5,8-11H2,1-4H3,(H,19,23). The van der Waals surface area contributed by atoms with Gasteiger partial charge in [0.15, 0.2) is 0 Å². The maximum absolute atomic E-state index is 12.3. The number of imidazole rings is 1. The number of hydrogen-bond acceptors (Lipinski definition) is 5. The second-order valence-corrected chi connectivity index (χ2v) is 8.38.